The molecule has 4 nitrogen and oxygen atoms in total. The first-order valence-corrected chi connectivity index (χ1v) is 5.76. The fraction of sp³-hybridized carbons (Fsp3) is 0.727. The minimum atomic E-state index is 0.659. The van der Waals surface area contributed by atoms with Crippen LogP contribution >= 0.6 is 0 Å². The summed E-state index contributed by atoms with van der Waals surface area (Å²) in [4.78, 5) is 0. The molecule has 1 aromatic rings. The van der Waals surface area contributed by atoms with Gasteiger partial charge in [-0.2, -0.15) is 5.10 Å². The van der Waals surface area contributed by atoms with E-state index in [0.29, 0.717) is 5.92 Å². The van der Waals surface area contributed by atoms with Gasteiger partial charge in [0.15, 0.2) is 0 Å². The van der Waals surface area contributed by atoms with E-state index in [2.05, 4.69) is 29.6 Å². The third kappa shape index (κ3) is 1.94. The monoisotopic (exact) mass is 208 g/mol. The molecule has 2 rings (SSSR count). The molecular formula is C11H20N4. The van der Waals surface area contributed by atoms with E-state index in [1.807, 2.05) is 11.7 Å². The Labute approximate surface area is 91.1 Å². The van der Waals surface area contributed by atoms with Crippen LogP contribution in [0.4, 0.5) is 11.5 Å². The second-order valence-corrected chi connectivity index (χ2v) is 4.41. The Balaban J connectivity index is 2.30. The van der Waals surface area contributed by atoms with Crippen molar-refractivity contribution < 1.29 is 0 Å². The van der Waals surface area contributed by atoms with Crippen molar-refractivity contribution in [3.8, 4) is 0 Å². The zero-order valence-corrected chi connectivity index (χ0v) is 9.80. The number of hydrogen-bond acceptors (Lipinski definition) is 3. The van der Waals surface area contributed by atoms with Crippen molar-refractivity contribution in [2.75, 3.05) is 23.7 Å². The molecule has 2 N–H and O–H groups in total. The molecule has 1 atom stereocenters. The van der Waals surface area contributed by atoms with Crippen LogP contribution in [0.25, 0.3) is 0 Å². The summed E-state index contributed by atoms with van der Waals surface area (Å²) < 4.78 is 1.95. The molecule has 0 aromatic carbocycles. The Bertz CT molecular complexity index is 343. The first kappa shape index (κ1) is 10.3. The highest BCUT2D eigenvalue weighted by molar-refractivity contribution is 5.69. The van der Waals surface area contributed by atoms with Crippen molar-refractivity contribution in [3.05, 3.63) is 5.69 Å². The SMILES string of the molecule is CCCc1nn(C)c2c1NCC(C)CN2. The zero-order chi connectivity index (χ0) is 10.8. The van der Waals surface area contributed by atoms with Crippen LogP contribution in [0.15, 0.2) is 0 Å². The van der Waals surface area contributed by atoms with Gasteiger partial charge in [-0.1, -0.05) is 20.3 Å². The molecular weight excluding hydrogens is 188 g/mol. The van der Waals surface area contributed by atoms with Crippen LogP contribution in [0.5, 0.6) is 0 Å². The van der Waals surface area contributed by atoms with E-state index in [-0.39, 0.29) is 0 Å². The molecule has 0 fully saturated rings. The minimum Gasteiger partial charge on any atom is -0.380 e. The highest BCUT2D eigenvalue weighted by atomic mass is 15.3. The second kappa shape index (κ2) is 4.13. The number of anilines is 2. The van der Waals surface area contributed by atoms with Crippen molar-refractivity contribution in [1.82, 2.24) is 9.78 Å². The quantitative estimate of drug-likeness (QED) is 0.779. The minimum absolute atomic E-state index is 0.659. The number of aromatic nitrogens is 2. The molecule has 1 aliphatic heterocycles. The molecule has 1 aliphatic rings. The molecule has 0 aliphatic carbocycles. The molecule has 1 aromatic heterocycles. The van der Waals surface area contributed by atoms with Gasteiger partial charge < -0.3 is 10.6 Å². The van der Waals surface area contributed by atoms with Crippen LogP contribution < -0.4 is 10.6 Å². The van der Waals surface area contributed by atoms with Crippen molar-refractivity contribution >= 4 is 11.5 Å². The van der Waals surface area contributed by atoms with Gasteiger partial charge in [-0.05, 0) is 12.3 Å². The molecule has 2 heterocycles. The summed E-state index contributed by atoms with van der Waals surface area (Å²) in [5.41, 5.74) is 2.40. The van der Waals surface area contributed by atoms with Gasteiger partial charge in [0, 0.05) is 20.1 Å². The fourth-order valence-electron chi connectivity index (χ4n) is 2.00. The molecule has 0 spiro atoms. The molecule has 0 bridgehead atoms. The number of rotatable bonds is 2. The number of hydrogen-bond donors (Lipinski definition) is 2. The maximum Gasteiger partial charge on any atom is 0.148 e. The lowest BCUT2D eigenvalue weighted by Gasteiger charge is -2.07. The van der Waals surface area contributed by atoms with Gasteiger partial charge in [-0.15, -0.1) is 0 Å². The van der Waals surface area contributed by atoms with E-state index < -0.39 is 0 Å². The predicted molar refractivity (Wildman–Crippen MR) is 63.3 cm³/mol. The summed E-state index contributed by atoms with van der Waals surface area (Å²) in [6.07, 6.45) is 2.19. The molecule has 4 heteroatoms. The zero-order valence-electron chi connectivity index (χ0n) is 9.80. The number of nitrogens with one attached hydrogen (secondary N) is 2. The molecule has 84 valence electrons. The van der Waals surface area contributed by atoms with Crippen molar-refractivity contribution in [3.63, 3.8) is 0 Å². The Morgan fingerprint density at radius 1 is 1.40 bits per heavy atom. The summed E-state index contributed by atoms with van der Waals surface area (Å²) >= 11 is 0. The van der Waals surface area contributed by atoms with Crippen molar-refractivity contribution in [2.24, 2.45) is 13.0 Å². The molecule has 15 heavy (non-hydrogen) atoms. The van der Waals surface area contributed by atoms with Crippen LogP contribution in [0.2, 0.25) is 0 Å². The Kier molecular flexibility index (Phi) is 2.84. The summed E-state index contributed by atoms with van der Waals surface area (Å²) in [6, 6.07) is 0. The standard InChI is InChI=1S/C11H20N4/c1-4-5-9-10-11(15(3)14-9)13-7-8(2)6-12-10/h8,12-13H,4-7H2,1-3H3. The van der Waals surface area contributed by atoms with Gasteiger partial charge in [-0.25, -0.2) is 0 Å². The summed E-state index contributed by atoms with van der Waals surface area (Å²) in [5.74, 6) is 1.80. The second-order valence-electron chi connectivity index (χ2n) is 4.41. The lowest BCUT2D eigenvalue weighted by molar-refractivity contribution is 0.646. The average Bonchev–Trinajstić information content (AvgIpc) is 2.38. The van der Waals surface area contributed by atoms with Gasteiger partial charge in [0.25, 0.3) is 0 Å². The van der Waals surface area contributed by atoms with Gasteiger partial charge in [-0.3, -0.25) is 4.68 Å². The van der Waals surface area contributed by atoms with Crippen molar-refractivity contribution in [1.29, 1.82) is 0 Å². The van der Waals surface area contributed by atoms with Crippen LogP contribution in [-0.4, -0.2) is 22.9 Å². The molecule has 0 saturated carbocycles. The van der Waals surface area contributed by atoms with E-state index in [1.165, 1.54) is 11.4 Å². The van der Waals surface area contributed by atoms with Crippen LogP contribution in [0, 0.1) is 5.92 Å². The van der Waals surface area contributed by atoms with Crippen LogP contribution in [-0.2, 0) is 13.5 Å². The normalized spacial score (nSPS) is 20.1. The third-order valence-corrected chi connectivity index (χ3v) is 2.85. The van der Waals surface area contributed by atoms with E-state index in [1.54, 1.807) is 0 Å². The smallest absolute Gasteiger partial charge is 0.148 e. The Morgan fingerprint density at radius 2 is 2.13 bits per heavy atom. The van der Waals surface area contributed by atoms with Crippen molar-refractivity contribution in [2.45, 2.75) is 26.7 Å². The number of aryl methyl sites for hydroxylation is 2. The molecule has 0 saturated heterocycles. The first-order valence-electron chi connectivity index (χ1n) is 5.76. The summed E-state index contributed by atoms with van der Waals surface area (Å²) in [6.45, 7) is 6.49. The maximum absolute atomic E-state index is 4.54. The van der Waals surface area contributed by atoms with Gasteiger partial charge in [0.05, 0.1) is 5.69 Å². The fourth-order valence-corrected chi connectivity index (χ4v) is 2.00. The topological polar surface area (TPSA) is 41.9 Å². The molecule has 0 radical (unpaired) electrons. The number of fused-ring (bicyclic) bond motifs is 1. The lowest BCUT2D eigenvalue weighted by atomic mass is 10.2. The lowest BCUT2D eigenvalue weighted by Crippen LogP contribution is -2.16. The van der Waals surface area contributed by atoms with Crippen LogP contribution in [0.1, 0.15) is 26.0 Å². The largest absolute Gasteiger partial charge is 0.380 e. The highest BCUT2D eigenvalue weighted by Gasteiger charge is 2.19. The van der Waals surface area contributed by atoms with E-state index >= 15 is 0 Å². The van der Waals surface area contributed by atoms with Gasteiger partial charge >= 0.3 is 0 Å². The maximum atomic E-state index is 4.54. The molecule has 1 unspecified atom stereocenters. The van der Waals surface area contributed by atoms with Gasteiger partial charge in [0.1, 0.15) is 11.5 Å². The summed E-state index contributed by atoms with van der Waals surface area (Å²) in [5, 5.41) is 11.5. The average molecular weight is 208 g/mol. The Hall–Kier alpha value is -1.19. The highest BCUT2D eigenvalue weighted by Crippen LogP contribution is 2.28. The Morgan fingerprint density at radius 3 is 2.87 bits per heavy atom. The predicted octanol–water partition coefficient (Wildman–Crippen LogP) is 1.85. The van der Waals surface area contributed by atoms with E-state index in [4.69, 9.17) is 0 Å². The number of nitrogens with zero attached hydrogens (tertiary/aromatic N) is 2. The van der Waals surface area contributed by atoms with E-state index in [0.717, 1.165) is 31.7 Å². The first-order chi connectivity index (χ1) is 7.22. The van der Waals surface area contributed by atoms with E-state index in [9.17, 15) is 0 Å². The van der Waals surface area contributed by atoms with Crippen LogP contribution in [0.3, 0.4) is 0 Å². The molecule has 0 amide bonds. The summed E-state index contributed by atoms with van der Waals surface area (Å²) in [7, 11) is 2.00. The third-order valence-electron chi connectivity index (χ3n) is 2.85. The van der Waals surface area contributed by atoms with Gasteiger partial charge in [0.2, 0.25) is 0 Å².